The fraction of sp³-hybridized carbons (Fsp3) is 0.400. The van der Waals surface area contributed by atoms with E-state index in [0.29, 0.717) is 11.3 Å². The number of rotatable bonds is 2. The first-order chi connectivity index (χ1) is 6.86. The molecule has 0 saturated heterocycles. The van der Waals surface area contributed by atoms with E-state index in [1.165, 1.54) is 13.2 Å². The fourth-order valence-electron chi connectivity index (χ4n) is 1.27. The molecule has 0 unspecified atom stereocenters. The molecule has 0 aliphatic carbocycles. The fourth-order valence-corrected chi connectivity index (χ4v) is 1.27. The molecule has 0 heterocycles. The Bertz CT molecular complexity index is 347. The van der Waals surface area contributed by atoms with Gasteiger partial charge in [-0.15, -0.1) is 0 Å². The zero-order chi connectivity index (χ0) is 11.6. The van der Waals surface area contributed by atoms with Crippen LogP contribution in [0.2, 0.25) is 0 Å². The predicted molar refractivity (Wildman–Crippen MR) is 50.6 cm³/mol. The molecule has 0 aliphatic rings. The Morgan fingerprint density at radius 1 is 1.33 bits per heavy atom. The van der Waals surface area contributed by atoms with Gasteiger partial charge in [-0.25, -0.2) is 0 Å². The molecule has 0 spiro atoms. The second-order valence-electron chi connectivity index (χ2n) is 3.24. The average Bonchev–Trinajstić information content (AvgIpc) is 2.15. The van der Waals surface area contributed by atoms with E-state index in [9.17, 15) is 13.2 Å². The monoisotopic (exact) mass is 219 g/mol. The smallest absolute Gasteiger partial charge is 0.416 e. The number of nitrogens with two attached hydrogens (primary N) is 1. The normalized spacial score (nSPS) is 13.7. The summed E-state index contributed by atoms with van der Waals surface area (Å²) < 4.78 is 42.1. The third-order valence-corrected chi connectivity index (χ3v) is 2.05. The second-order valence-corrected chi connectivity index (χ2v) is 3.24. The summed E-state index contributed by atoms with van der Waals surface area (Å²) in [6, 6.07) is 2.78. The average molecular weight is 219 g/mol. The highest BCUT2D eigenvalue weighted by Gasteiger charge is 2.31. The van der Waals surface area contributed by atoms with Gasteiger partial charge in [-0.05, 0) is 25.1 Å². The topological polar surface area (TPSA) is 35.2 Å². The third-order valence-electron chi connectivity index (χ3n) is 2.05. The molecule has 1 aromatic carbocycles. The molecule has 0 saturated carbocycles. The molecule has 0 bridgehead atoms. The van der Waals surface area contributed by atoms with E-state index in [-0.39, 0.29) is 0 Å². The first-order valence-electron chi connectivity index (χ1n) is 4.37. The van der Waals surface area contributed by atoms with Gasteiger partial charge >= 0.3 is 6.18 Å². The van der Waals surface area contributed by atoms with Gasteiger partial charge in [0.25, 0.3) is 0 Å². The van der Waals surface area contributed by atoms with Crippen LogP contribution in [0.1, 0.15) is 24.1 Å². The van der Waals surface area contributed by atoms with Crippen LogP contribution < -0.4 is 10.5 Å². The largest absolute Gasteiger partial charge is 0.496 e. The van der Waals surface area contributed by atoms with Crippen molar-refractivity contribution in [3.63, 3.8) is 0 Å². The molecule has 2 N–H and O–H groups in total. The summed E-state index contributed by atoms with van der Waals surface area (Å²) >= 11 is 0. The Hall–Kier alpha value is -1.23. The van der Waals surface area contributed by atoms with Gasteiger partial charge in [-0.3, -0.25) is 0 Å². The lowest BCUT2D eigenvalue weighted by atomic mass is 10.0. The van der Waals surface area contributed by atoms with E-state index in [4.69, 9.17) is 10.5 Å². The third kappa shape index (κ3) is 2.62. The summed E-state index contributed by atoms with van der Waals surface area (Å²) in [6.45, 7) is 1.61. The lowest BCUT2D eigenvalue weighted by molar-refractivity contribution is -0.137. The molecule has 1 rings (SSSR count). The number of benzene rings is 1. The molecule has 5 heteroatoms. The maximum absolute atomic E-state index is 12.4. The van der Waals surface area contributed by atoms with Gasteiger partial charge in [-0.2, -0.15) is 13.2 Å². The Morgan fingerprint density at radius 3 is 2.33 bits per heavy atom. The molecule has 0 aliphatic heterocycles. The maximum Gasteiger partial charge on any atom is 0.416 e. The van der Waals surface area contributed by atoms with Crippen molar-refractivity contribution in [1.82, 2.24) is 0 Å². The molecule has 0 aromatic heterocycles. The summed E-state index contributed by atoms with van der Waals surface area (Å²) in [6.07, 6.45) is -4.35. The number of alkyl halides is 3. The van der Waals surface area contributed by atoms with Crippen LogP contribution in [0.15, 0.2) is 18.2 Å². The van der Waals surface area contributed by atoms with Crippen LogP contribution in [-0.4, -0.2) is 7.11 Å². The number of hydrogen-bond donors (Lipinski definition) is 1. The summed E-state index contributed by atoms with van der Waals surface area (Å²) in [7, 11) is 1.40. The van der Waals surface area contributed by atoms with Gasteiger partial charge in [-0.1, -0.05) is 0 Å². The standard InChI is InChI=1S/C10H12F3NO/c1-6(14)8-5-7(10(11,12)13)3-4-9(8)15-2/h3-6H,14H2,1-2H3/t6-/m0/s1. The van der Waals surface area contributed by atoms with Crippen LogP contribution in [0.4, 0.5) is 13.2 Å². The Kier molecular flexibility index (Phi) is 3.24. The molecular formula is C10H12F3NO. The lowest BCUT2D eigenvalue weighted by Gasteiger charge is -2.14. The first kappa shape index (κ1) is 11.8. The predicted octanol–water partition coefficient (Wildman–Crippen LogP) is 2.73. The van der Waals surface area contributed by atoms with Gasteiger partial charge in [0.2, 0.25) is 0 Å². The van der Waals surface area contributed by atoms with E-state index in [1.807, 2.05) is 0 Å². The van der Waals surface area contributed by atoms with Crippen molar-refractivity contribution in [2.75, 3.05) is 7.11 Å². The lowest BCUT2D eigenvalue weighted by Crippen LogP contribution is -2.11. The van der Waals surface area contributed by atoms with Crippen LogP contribution >= 0.6 is 0 Å². The minimum atomic E-state index is -4.35. The molecule has 84 valence electrons. The zero-order valence-electron chi connectivity index (χ0n) is 8.43. The van der Waals surface area contributed by atoms with E-state index in [2.05, 4.69) is 0 Å². The first-order valence-corrected chi connectivity index (χ1v) is 4.37. The van der Waals surface area contributed by atoms with Crippen LogP contribution in [0.3, 0.4) is 0 Å². The Labute approximate surface area is 85.8 Å². The van der Waals surface area contributed by atoms with Crippen molar-refractivity contribution in [3.05, 3.63) is 29.3 Å². The molecular weight excluding hydrogens is 207 g/mol. The Balaban J connectivity index is 3.22. The van der Waals surface area contributed by atoms with Gasteiger partial charge < -0.3 is 10.5 Å². The molecule has 0 amide bonds. The maximum atomic E-state index is 12.4. The molecule has 1 aromatic rings. The van der Waals surface area contributed by atoms with E-state index < -0.39 is 17.8 Å². The number of ether oxygens (including phenoxy) is 1. The second kappa shape index (κ2) is 4.10. The molecule has 0 fully saturated rings. The summed E-state index contributed by atoms with van der Waals surface area (Å²) in [4.78, 5) is 0. The minimum Gasteiger partial charge on any atom is -0.496 e. The van der Waals surface area contributed by atoms with Crippen LogP contribution in [0.5, 0.6) is 5.75 Å². The minimum absolute atomic E-state index is 0.354. The summed E-state index contributed by atoms with van der Waals surface area (Å²) in [5, 5.41) is 0. The Morgan fingerprint density at radius 2 is 1.93 bits per heavy atom. The van der Waals surface area contributed by atoms with Crippen molar-refractivity contribution in [2.45, 2.75) is 19.1 Å². The number of halogens is 3. The van der Waals surface area contributed by atoms with Crippen molar-refractivity contribution in [3.8, 4) is 5.75 Å². The molecule has 15 heavy (non-hydrogen) atoms. The van der Waals surface area contributed by atoms with Crippen LogP contribution in [-0.2, 0) is 6.18 Å². The van der Waals surface area contributed by atoms with Gasteiger partial charge in [0.15, 0.2) is 0 Å². The molecule has 0 radical (unpaired) electrons. The van der Waals surface area contributed by atoms with Crippen molar-refractivity contribution >= 4 is 0 Å². The quantitative estimate of drug-likeness (QED) is 0.830. The highest BCUT2D eigenvalue weighted by Crippen LogP contribution is 2.34. The van der Waals surface area contributed by atoms with E-state index in [1.54, 1.807) is 6.92 Å². The van der Waals surface area contributed by atoms with Crippen molar-refractivity contribution < 1.29 is 17.9 Å². The van der Waals surface area contributed by atoms with Crippen LogP contribution in [0.25, 0.3) is 0 Å². The number of methoxy groups -OCH3 is 1. The summed E-state index contributed by atoms with van der Waals surface area (Å²) in [5.41, 5.74) is 5.20. The molecule has 1 atom stereocenters. The van der Waals surface area contributed by atoms with E-state index in [0.717, 1.165) is 12.1 Å². The zero-order valence-corrected chi connectivity index (χ0v) is 8.43. The summed E-state index contributed by atoms with van der Waals surface area (Å²) in [5.74, 6) is 0.373. The SMILES string of the molecule is COc1ccc(C(F)(F)F)cc1[C@H](C)N. The van der Waals surface area contributed by atoms with Crippen molar-refractivity contribution in [2.24, 2.45) is 5.73 Å². The highest BCUT2D eigenvalue weighted by molar-refractivity contribution is 5.40. The van der Waals surface area contributed by atoms with Gasteiger partial charge in [0.05, 0.1) is 12.7 Å². The van der Waals surface area contributed by atoms with Gasteiger partial charge in [0, 0.05) is 11.6 Å². The molecule has 2 nitrogen and oxygen atoms in total. The van der Waals surface area contributed by atoms with E-state index >= 15 is 0 Å². The van der Waals surface area contributed by atoms with Crippen molar-refractivity contribution in [1.29, 1.82) is 0 Å². The number of hydrogen-bond acceptors (Lipinski definition) is 2. The highest BCUT2D eigenvalue weighted by atomic mass is 19.4. The van der Waals surface area contributed by atoms with Gasteiger partial charge in [0.1, 0.15) is 5.75 Å². The van der Waals surface area contributed by atoms with Crippen LogP contribution in [0, 0.1) is 0 Å².